The minimum absolute atomic E-state index is 0.0564. The van der Waals surface area contributed by atoms with Gasteiger partial charge in [-0.2, -0.15) is 0 Å². The van der Waals surface area contributed by atoms with E-state index < -0.39 is 85.3 Å². The fourth-order valence-corrected chi connectivity index (χ4v) is 7.01. The van der Waals surface area contributed by atoms with Gasteiger partial charge >= 0.3 is 29.8 Å². The molecule has 3 atom stereocenters. The van der Waals surface area contributed by atoms with Crippen LogP contribution in [0.4, 0.5) is 0 Å². The topological polar surface area (TPSA) is 313 Å². The second kappa shape index (κ2) is 26.4. The van der Waals surface area contributed by atoms with E-state index in [-0.39, 0.29) is 83.7 Å². The van der Waals surface area contributed by atoms with Crippen molar-refractivity contribution < 1.29 is 63.9 Å². The summed E-state index contributed by atoms with van der Waals surface area (Å²) in [6.45, 7) is -0.868. The fourth-order valence-electron chi connectivity index (χ4n) is 7.01. The van der Waals surface area contributed by atoms with E-state index in [0.29, 0.717) is 30.5 Å². The summed E-state index contributed by atoms with van der Waals surface area (Å²) in [5.41, 5.74) is 7.00. The van der Waals surface area contributed by atoms with Crippen molar-refractivity contribution >= 4 is 47.6 Å². The molecule has 1 saturated heterocycles. The lowest BCUT2D eigenvalue weighted by Crippen LogP contribution is -2.53. The van der Waals surface area contributed by atoms with E-state index in [1.807, 2.05) is 0 Å². The van der Waals surface area contributed by atoms with Gasteiger partial charge in [-0.05, 0) is 55.5 Å². The first-order valence-corrected chi connectivity index (χ1v) is 20.2. The van der Waals surface area contributed by atoms with Gasteiger partial charge in [-0.15, -0.1) is 0 Å². The summed E-state index contributed by atoms with van der Waals surface area (Å²) >= 11 is 0. The number of benzene rings is 2. The second-order valence-corrected chi connectivity index (χ2v) is 15.1. The van der Waals surface area contributed by atoms with Crippen molar-refractivity contribution in [3.63, 3.8) is 0 Å². The lowest BCUT2D eigenvalue weighted by Gasteiger charge is -2.37. The molecule has 1 fully saturated rings. The number of nitrogens with zero attached hydrogens (tertiary/aromatic N) is 4. The first kappa shape index (κ1) is 50.4. The molecule has 3 unspecified atom stereocenters. The standard InChI is InChI=1S/C41H58N8O13/c42-13-5-4-8-32(41(61)62)44-34(50)22-43-40(60)33(21-28-6-2-1-3-7-28)45-39(59)30-11-9-29(10-12-30)20-31-23-48(26-37(55)56)17-16-46(24-35(51)52)14-15-47(25-36(53)54)18-19-49(31)27-38(57)58/h1-3,6-7,9-12,31-33H,4-5,8,13-27,42H2,(H,43,60)(H,44,50)(H,45,59)(H,51,52)(H,53,54)(H,55,56)(H,57,58)(H,61,62). The largest absolute Gasteiger partial charge is 0.480 e. The molecule has 340 valence electrons. The molecule has 62 heavy (non-hydrogen) atoms. The molecule has 0 spiro atoms. The molecule has 3 amide bonds. The van der Waals surface area contributed by atoms with Crippen LogP contribution >= 0.6 is 0 Å². The maximum atomic E-state index is 13.6. The summed E-state index contributed by atoms with van der Waals surface area (Å²) in [6.07, 6.45) is 1.45. The van der Waals surface area contributed by atoms with Crippen LogP contribution in [0.25, 0.3) is 0 Å². The van der Waals surface area contributed by atoms with Crippen molar-refractivity contribution in [3.05, 3.63) is 71.3 Å². The summed E-state index contributed by atoms with van der Waals surface area (Å²) in [6, 6.07) is 12.2. The zero-order chi connectivity index (χ0) is 45.6. The van der Waals surface area contributed by atoms with E-state index >= 15 is 0 Å². The molecule has 21 heteroatoms. The average molecular weight is 871 g/mol. The van der Waals surface area contributed by atoms with E-state index in [4.69, 9.17) is 5.73 Å². The Labute approximate surface area is 358 Å². The Hall–Kier alpha value is -6.00. The maximum Gasteiger partial charge on any atom is 0.326 e. The van der Waals surface area contributed by atoms with Crippen molar-refractivity contribution in [1.82, 2.24) is 35.6 Å². The molecule has 21 nitrogen and oxygen atoms in total. The van der Waals surface area contributed by atoms with Crippen molar-refractivity contribution in [2.45, 2.75) is 50.2 Å². The third-order valence-electron chi connectivity index (χ3n) is 10.2. The molecule has 1 aliphatic rings. The summed E-state index contributed by atoms with van der Waals surface area (Å²) in [5, 5.41) is 55.8. The van der Waals surface area contributed by atoms with Gasteiger partial charge in [0.1, 0.15) is 12.1 Å². The fraction of sp³-hybridized carbons (Fsp3) is 0.512. The highest BCUT2D eigenvalue weighted by molar-refractivity contribution is 5.98. The SMILES string of the molecule is NCCCCC(NC(=O)CNC(=O)C(Cc1ccccc1)NC(=O)c1ccc(CC2CN(CC(=O)O)CCN(CC(=O)O)CCN(CC(=O)O)CCN2CC(=O)O)cc1)C(=O)O. The molecule has 0 bridgehead atoms. The lowest BCUT2D eigenvalue weighted by molar-refractivity contribution is -0.142. The third-order valence-corrected chi connectivity index (χ3v) is 10.2. The van der Waals surface area contributed by atoms with Gasteiger partial charge in [0.25, 0.3) is 5.91 Å². The highest BCUT2D eigenvalue weighted by Crippen LogP contribution is 2.15. The van der Waals surface area contributed by atoms with Gasteiger partial charge < -0.3 is 47.2 Å². The number of nitrogens with one attached hydrogen (secondary N) is 3. The highest BCUT2D eigenvalue weighted by atomic mass is 16.4. The minimum atomic E-state index is -1.23. The Bertz CT molecular complexity index is 1820. The van der Waals surface area contributed by atoms with Crippen LogP contribution in [-0.4, -0.2) is 196 Å². The van der Waals surface area contributed by atoms with E-state index in [0.717, 1.165) is 0 Å². The zero-order valence-electron chi connectivity index (χ0n) is 34.5. The Balaban J connectivity index is 1.83. The number of hydrogen-bond donors (Lipinski definition) is 9. The second-order valence-electron chi connectivity index (χ2n) is 15.1. The van der Waals surface area contributed by atoms with Crippen LogP contribution in [0.15, 0.2) is 54.6 Å². The Morgan fingerprint density at radius 1 is 0.629 bits per heavy atom. The number of aliphatic carboxylic acids is 5. The first-order valence-electron chi connectivity index (χ1n) is 20.2. The molecule has 0 aliphatic carbocycles. The molecule has 3 rings (SSSR count). The molecule has 0 radical (unpaired) electrons. The molecule has 1 heterocycles. The van der Waals surface area contributed by atoms with Gasteiger partial charge in [-0.25, -0.2) is 4.79 Å². The predicted molar refractivity (Wildman–Crippen MR) is 222 cm³/mol. The highest BCUT2D eigenvalue weighted by Gasteiger charge is 2.29. The van der Waals surface area contributed by atoms with Gasteiger partial charge in [0.2, 0.25) is 11.8 Å². The zero-order valence-corrected chi connectivity index (χ0v) is 34.5. The van der Waals surface area contributed by atoms with E-state index in [2.05, 4.69) is 16.0 Å². The van der Waals surface area contributed by atoms with Crippen LogP contribution in [0.5, 0.6) is 0 Å². The first-order chi connectivity index (χ1) is 29.5. The van der Waals surface area contributed by atoms with Gasteiger partial charge in [0.05, 0.1) is 32.7 Å². The summed E-state index contributed by atoms with van der Waals surface area (Å²) in [4.78, 5) is 105. The molecular weight excluding hydrogens is 812 g/mol. The molecule has 2 aromatic rings. The van der Waals surface area contributed by atoms with Crippen molar-refractivity contribution in [2.75, 3.05) is 85.1 Å². The van der Waals surface area contributed by atoms with Gasteiger partial charge in [-0.1, -0.05) is 42.5 Å². The number of hydrogen-bond acceptors (Lipinski definition) is 13. The molecule has 2 aromatic carbocycles. The predicted octanol–water partition coefficient (Wildman–Crippen LogP) is -1.69. The monoisotopic (exact) mass is 870 g/mol. The number of amides is 3. The van der Waals surface area contributed by atoms with Crippen LogP contribution in [0.1, 0.15) is 40.7 Å². The molecule has 10 N–H and O–H groups in total. The number of carbonyl (C=O) groups excluding carboxylic acids is 3. The van der Waals surface area contributed by atoms with Crippen molar-refractivity contribution in [3.8, 4) is 0 Å². The quantitative estimate of drug-likeness (QED) is 0.0563. The van der Waals surface area contributed by atoms with E-state index in [1.54, 1.807) is 62.1 Å². The molecular formula is C41H58N8O13. The lowest BCUT2D eigenvalue weighted by atomic mass is 10.0. The van der Waals surface area contributed by atoms with Gasteiger partial charge in [0, 0.05) is 63.8 Å². The Kier molecular flexibility index (Phi) is 21.4. The number of carbonyl (C=O) groups is 8. The Morgan fingerprint density at radius 2 is 1.18 bits per heavy atom. The third kappa shape index (κ3) is 19.1. The number of rotatable bonds is 23. The smallest absolute Gasteiger partial charge is 0.326 e. The van der Waals surface area contributed by atoms with Crippen LogP contribution in [0, 0.1) is 0 Å². The van der Waals surface area contributed by atoms with Crippen LogP contribution in [-0.2, 0) is 46.4 Å². The molecule has 0 aromatic heterocycles. The minimum Gasteiger partial charge on any atom is -0.480 e. The van der Waals surface area contributed by atoms with Crippen LogP contribution in [0.3, 0.4) is 0 Å². The summed E-state index contributed by atoms with van der Waals surface area (Å²) < 4.78 is 0. The van der Waals surface area contributed by atoms with Crippen LogP contribution < -0.4 is 21.7 Å². The molecule has 1 aliphatic heterocycles. The Morgan fingerprint density at radius 3 is 1.73 bits per heavy atom. The average Bonchev–Trinajstić information content (AvgIpc) is 3.20. The maximum absolute atomic E-state index is 13.6. The van der Waals surface area contributed by atoms with Gasteiger partial charge in [0.15, 0.2) is 0 Å². The number of carboxylic acids is 5. The summed E-state index contributed by atoms with van der Waals surface area (Å²) in [7, 11) is 0. The van der Waals surface area contributed by atoms with Crippen molar-refractivity contribution in [1.29, 1.82) is 0 Å². The number of nitrogens with two attached hydrogens (primary N) is 1. The normalized spacial score (nSPS) is 17.0. The van der Waals surface area contributed by atoms with Crippen LogP contribution in [0.2, 0.25) is 0 Å². The van der Waals surface area contributed by atoms with Gasteiger partial charge in [-0.3, -0.25) is 53.2 Å². The summed E-state index contributed by atoms with van der Waals surface area (Å²) in [5.74, 6) is -7.79. The van der Waals surface area contributed by atoms with Crippen molar-refractivity contribution in [2.24, 2.45) is 5.73 Å². The van der Waals surface area contributed by atoms with E-state index in [9.17, 15) is 63.9 Å². The molecule has 0 saturated carbocycles. The number of unbranched alkanes of at least 4 members (excludes halogenated alkanes) is 1. The van der Waals surface area contributed by atoms with E-state index in [1.165, 1.54) is 12.1 Å². The number of carboxylic acid groups (broad SMARTS) is 5.